The van der Waals surface area contributed by atoms with Crippen molar-refractivity contribution < 1.29 is 9.53 Å². The van der Waals surface area contributed by atoms with E-state index in [-0.39, 0.29) is 11.9 Å². The predicted molar refractivity (Wildman–Crippen MR) is 76.5 cm³/mol. The van der Waals surface area contributed by atoms with Gasteiger partial charge in [-0.05, 0) is 19.5 Å². The third kappa shape index (κ3) is 3.26. The maximum Gasteiger partial charge on any atom is 0.246 e. The summed E-state index contributed by atoms with van der Waals surface area (Å²) in [6.45, 7) is 2.93. The molecule has 1 aliphatic rings. The number of fused-ring (bicyclic) bond motifs is 1. The van der Waals surface area contributed by atoms with E-state index in [0.29, 0.717) is 0 Å². The number of amides is 1. The van der Waals surface area contributed by atoms with Gasteiger partial charge in [0.15, 0.2) is 0 Å². The van der Waals surface area contributed by atoms with Crippen molar-refractivity contribution in [3.8, 4) is 5.75 Å². The van der Waals surface area contributed by atoms with Gasteiger partial charge in [-0.1, -0.05) is 32.3 Å². The van der Waals surface area contributed by atoms with Gasteiger partial charge in [0.1, 0.15) is 11.8 Å². The number of carbonyl (C=O) groups excluding carboxylic acids is 1. The molecule has 0 spiro atoms. The minimum Gasteiger partial charge on any atom is -0.494 e. The summed E-state index contributed by atoms with van der Waals surface area (Å²) in [5, 5.41) is 5.87. The van der Waals surface area contributed by atoms with Crippen molar-refractivity contribution in [1.82, 2.24) is 5.32 Å². The fourth-order valence-electron chi connectivity index (χ4n) is 2.34. The Morgan fingerprint density at radius 2 is 2.16 bits per heavy atom. The monoisotopic (exact) mass is 262 g/mol. The average molecular weight is 262 g/mol. The first-order valence-corrected chi connectivity index (χ1v) is 7.01. The van der Waals surface area contributed by atoms with E-state index in [1.54, 1.807) is 7.05 Å². The van der Waals surface area contributed by atoms with Gasteiger partial charge in [0.25, 0.3) is 0 Å². The highest BCUT2D eigenvalue weighted by Crippen LogP contribution is 2.33. The molecule has 0 saturated carbocycles. The molecule has 1 aromatic rings. The standard InChI is InChI=1S/C15H22N2O2/c1-3-4-5-6-9-19-11-7-8-12-13(10-11)17-15(18)14(12)16-2/h7-8,10,14,16H,3-6,9H2,1-2H3,(H,17,18). The van der Waals surface area contributed by atoms with E-state index in [9.17, 15) is 4.79 Å². The van der Waals surface area contributed by atoms with Gasteiger partial charge in [0, 0.05) is 17.3 Å². The largest absolute Gasteiger partial charge is 0.494 e. The van der Waals surface area contributed by atoms with Gasteiger partial charge in [-0.3, -0.25) is 4.79 Å². The van der Waals surface area contributed by atoms with Crippen LogP contribution in [0.15, 0.2) is 18.2 Å². The Morgan fingerprint density at radius 3 is 2.89 bits per heavy atom. The lowest BCUT2D eigenvalue weighted by molar-refractivity contribution is -0.117. The Morgan fingerprint density at radius 1 is 1.32 bits per heavy atom. The van der Waals surface area contributed by atoms with Crippen LogP contribution in [0, 0.1) is 0 Å². The number of carbonyl (C=O) groups is 1. The SMILES string of the molecule is CCCCCCOc1ccc2c(c1)NC(=O)C2NC. The number of benzene rings is 1. The molecule has 0 fully saturated rings. The molecule has 1 unspecified atom stereocenters. The second-order valence-electron chi connectivity index (χ2n) is 4.87. The molecule has 2 N–H and O–H groups in total. The zero-order valence-corrected chi connectivity index (χ0v) is 11.7. The summed E-state index contributed by atoms with van der Waals surface area (Å²) in [5.41, 5.74) is 1.85. The van der Waals surface area contributed by atoms with Crippen molar-refractivity contribution in [2.45, 2.75) is 38.6 Å². The number of ether oxygens (including phenoxy) is 1. The molecule has 1 amide bonds. The lowest BCUT2D eigenvalue weighted by Crippen LogP contribution is -2.23. The molecule has 0 bridgehead atoms. The van der Waals surface area contributed by atoms with Crippen molar-refractivity contribution in [3.63, 3.8) is 0 Å². The van der Waals surface area contributed by atoms with E-state index in [1.165, 1.54) is 19.3 Å². The first kappa shape index (κ1) is 13.9. The number of unbranched alkanes of at least 4 members (excludes halogenated alkanes) is 3. The van der Waals surface area contributed by atoms with Gasteiger partial charge in [-0.25, -0.2) is 0 Å². The number of anilines is 1. The van der Waals surface area contributed by atoms with Gasteiger partial charge in [-0.15, -0.1) is 0 Å². The van der Waals surface area contributed by atoms with Crippen molar-refractivity contribution in [2.75, 3.05) is 19.0 Å². The maximum atomic E-state index is 11.7. The van der Waals surface area contributed by atoms with Gasteiger partial charge in [0.05, 0.1) is 6.61 Å². The van der Waals surface area contributed by atoms with E-state index < -0.39 is 0 Å². The molecule has 2 rings (SSSR count). The van der Waals surface area contributed by atoms with Crippen molar-refractivity contribution >= 4 is 11.6 Å². The average Bonchev–Trinajstić information content (AvgIpc) is 2.73. The van der Waals surface area contributed by atoms with Gasteiger partial charge >= 0.3 is 0 Å². The van der Waals surface area contributed by atoms with E-state index in [0.717, 1.165) is 30.0 Å². The Hall–Kier alpha value is -1.55. The van der Waals surface area contributed by atoms with Gasteiger partial charge < -0.3 is 15.4 Å². The van der Waals surface area contributed by atoms with E-state index in [2.05, 4.69) is 17.6 Å². The molecule has 4 heteroatoms. The maximum absolute atomic E-state index is 11.7. The summed E-state index contributed by atoms with van der Waals surface area (Å²) in [6.07, 6.45) is 4.78. The number of hydrogen-bond acceptors (Lipinski definition) is 3. The van der Waals surface area contributed by atoms with Crippen LogP contribution in [-0.4, -0.2) is 19.6 Å². The molecular formula is C15H22N2O2. The number of rotatable bonds is 7. The van der Waals surface area contributed by atoms with Crippen LogP contribution in [0.3, 0.4) is 0 Å². The molecular weight excluding hydrogens is 240 g/mol. The normalized spacial score (nSPS) is 17.2. The molecule has 0 aromatic heterocycles. The molecule has 1 aliphatic heterocycles. The van der Waals surface area contributed by atoms with Crippen molar-refractivity contribution in [2.24, 2.45) is 0 Å². The Labute approximate surface area is 114 Å². The van der Waals surface area contributed by atoms with Crippen molar-refractivity contribution in [3.05, 3.63) is 23.8 Å². The first-order chi connectivity index (χ1) is 9.26. The van der Waals surface area contributed by atoms with Crippen LogP contribution >= 0.6 is 0 Å². The minimum absolute atomic E-state index is 0.00223. The van der Waals surface area contributed by atoms with Crippen LogP contribution in [0.4, 0.5) is 5.69 Å². The van der Waals surface area contributed by atoms with Gasteiger partial charge in [-0.2, -0.15) is 0 Å². The highest BCUT2D eigenvalue weighted by molar-refractivity contribution is 6.02. The first-order valence-electron chi connectivity index (χ1n) is 7.01. The second-order valence-corrected chi connectivity index (χ2v) is 4.87. The highest BCUT2D eigenvalue weighted by Gasteiger charge is 2.29. The highest BCUT2D eigenvalue weighted by atomic mass is 16.5. The number of nitrogens with one attached hydrogen (secondary N) is 2. The van der Waals surface area contributed by atoms with Crippen LogP contribution in [0.25, 0.3) is 0 Å². The lowest BCUT2D eigenvalue weighted by Gasteiger charge is -2.09. The second kappa shape index (κ2) is 6.57. The lowest BCUT2D eigenvalue weighted by atomic mass is 10.1. The quantitative estimate of drug-likeness (QED) is 0.743. The minimum atomic E-state index is -0.242. The Balaban J connectivity index is 1.92. The summed E-state index contributed by atoms with van der Waals surface area (Å²) < 4.78 is 5.71. The third-order valence-electron chi connectivity index (χ3n) is 3.41. The molecule has 0 aliphatic carbocycles. The molecule has 0 radical (unpaired) electrons. The summed E-state index contributed by atoms with van der Waals surface area (Å²) in [7, 11) is 1.79. The summed E-state index contributed by atoms with van der Waals surface area (Å²) in [5.74, 6) is 0.824. The topological polar surface area (TPSA) is 50.4 Å². The number of hydrogen-bond donors (Lipinski definition) is 2. The zero-order chi connectivity index (χ0) is 13.7. The molecule has 104 valence electrons. The summed E-state index contributed by atoms with van der Waals surface area (Å²) in [4.78, 5) is 11.7. The molecule has 1 atom stereocenters. The van der Waals surface area contributed by atoms with E-state index >= 15 is 0 Å². The van der Waals surface area contributed by atoms with Crippen LogP contribution in [0.5, 0.6) is 5.75 Å². The van der Waals surface area contributed by atoms with Gasteiger partial charge in [0.2, 0.25) is 5.91 Å². The molecule has 1 aromatic carbocycles. The fraction of sp³-hybridized carbons (Fsp3) is 0.533. The summed E-state index contributed by atoms with van der Waals surface area (Å²) >= 11 is 0. The Kier molecular flexibility index (Phi) is 4.80. The fourth-order valence-corrected chi connectivity index (χ4v) is 2.34. The zero-order valence-electron chi connectivity index (χ0n) is 11.7. The van der Waals surface area contributed by atoms with E-state index in [1.807, 2.05) is 18.2 Å². The predicted octanol–water partition coefficient (Wildman–Crippen LogP) is 2.86. The van der Waals surface area contributed by atoms with Crippen LogP contribution in [0.2, 0.25) is 0 Å². The van der Waals surface area contributed by atoms with Crippen LogP contribution in [0.1, 0.15) is 44.2 Å². The molecule has 1 heterocycles. The summed E-state index contributed by atoms with van der Waals surface area (Å²) in [6, 6.07) is 5.55. The number of likely N-dealkylation sites (N-methyl/N-ethyl adjacent to an activating group) is 1. The molecule has 0 saturated heterocycles. The van der Waals surface area contributed by atoms with E-state index in [4.69, 9.17) is 4.74 Å². The molecule has 19 heavy (non-hydrogen) atoms. The molecule has 4 nitrogen and oxygen atoms in total. The smallest absolute Gasteiger partial charge is 0.246 e. The third-order valence-corrected chi connectivity index (χ3v) is 3.41. The Bertz CT molecular complexity index is 446. The van der Waals surface area contributed by atoms with Crippen LogP contribution in [-0.2, 0) is 4.79 Å². The van der Waals surface area contributed by atoms with Crippen molar-refractivity contribution in [1.29, 1.82) is 0 Å². The van der Waals surface area contributed by atoms with Crippen LogP contribution < -0.4 is 15.4 Å².